The molecule has 0 amide bonds. The predicted molar refractivity (Wildman–Crippen MR) is 71.2 cm³/mol. The molecular formula is C15H13NO3. The molecule has 2 aromatic carbocycles. The van der Waals surface area contributed by atoms with E-state index in [0.717, 1.165) is 0 Å². The first-order valence-corrected chi connectivity index (χ1v) is 5.96. The van der Waals surface area contributed by atoms with Gasteiger partial charge in [0.25, 0.3) is 0 Å². The molecule has 3 rings (SSSR count). The van der Waals surface area contributed by atoms with Gasteiger partial charge in [0.05, 0.1) is 5.56 Å². The summed E-state index contributed by atoms with van der Waals surface area (Å²) in [5, 5.41) is 20.4. The van der Waals surface area contributed by atoms with E-state index in [-0.39, 0.29) is 17.1 Å². The number of rotatable bonds is 0. The normalized spacial score (nSPS) is 16.9. The molecule has 4 nitrogen and oxygen atoms in total. The van der Waals surface area contributed by atoms with Crippen molar-refractivity contribution in [2.75, 3.05) is 5.73 Å². The minimum Gasteiger partial charge on any atom is -0.507 e. The number of aliphatic hydroxyl groups is 1. The molecule has 96 valence electrons. The van der Waals surface area contributed by atoms with E-state index in [2.05, 4.69) is 0 Å². The second kappa shape index (κ2) is 3.83. The largest absolute Gasteiger partial charge is 0.507 e. The fourth-order valence-corrected chi connectivity index (χ4v) is 2.60. The van der Waals surface area contributed by atoms with Crippen LogP contribution in [0.2, 0.25) is 0 Å². The maximum atomic E-state index is 12.4. The van der Waals surface area contributed by atoms with Gasteiger partial charge in [-0.15, -0.1) is 0 Å². The number of benzene rings is 2. The van der Waals surface area contributed by atoms with Crippen LogP contribution in [0.25, 0.3) is 0 Å². The van der Waals surface area contributed by atoms with Crippen molar-refractivity contribution in [3.8, 4) is 5.75 Å². The molecule has 0 heterocycles. The summed E-state index contributed by atoms with van der Waals surface area (Å²) < 4.78 is 0. The molecule has 0 saturated heterocycles. The van der Waals surface area contributed by atoms with Crippen molar-refractivity contribution in [2.24, 2.45) is 0 Å². The van der Waals surface area contributed by atoms with Gasteiger partial charge in [0.15, 0.2) is 5.78 Å². The number of hydrogen-bond donors (Lipinski definition) is 3. The van der Waals surface area contributed by atoms with Gasteiger partial charge in [0.1, 0.15) is 11.9 Å². The molecule has 0 saturated carbocycles. The third-order valence-electron chi connectivity index (χ3n) is 3.59. The Morgan fingerprint density at radius 1 is 1.26 bits per heavy atom. The van der Waals surface area contributed by atoms with E-state index >= 15 is 0 Å². The second-order valence-electron chi connectivity index (χ2n) is 4.73. The lowest BCUT2D eigenvalue weighted by Crippen LogP contribution is -2.21. The number of anilines is 1. The molecule has 0 aromatic heterocycles. The highest BCUT2D eigenvalue weighted by atomic mass is 16.3. The molecule has 19 heavy (non-hydrogen) atoms. The molecular weight excluding hydrogens is 242 g/mol. The lowest BCUT2D eigenvalue weighted by atomic mass is 9.81. The van der Waals surface area contributed by atoms with Gasteiger partial charge in [-0.1, -0.05) is 24.3 Å². The van der Waals surface area contributed by atoms with Gasteiger partial charge >= 0.3 is 0 Å². The Morgan fingerprint density at radius 3 is 2.68 bits per heavy atom. The number of ketones is 1. The zero-order valence-corrected chi connectivity index (χ0v) is 10.3. The van der Waals surface area contributed by atoms with Crippen molar-refractivity contribution in [2.45, 2.75) is 13.0 Å². The standard InChI is InChI=1S/C15H13NO3/c1-7-6-10(17)11-12(13(7)16)15(19)9-5-3-2-4-8(9)14(11)18/h2-6,15,17,19H,16H2,1H3. The summed E-state index contributed by atoms with van der Waals surface area (Å²) in [6.45, 7) is 1.73. The number of hydrogen-bond acceptors (Lipinski definition) is 4. The number of phenolic OH excluding ortho intramolecular Hbond substituents is 1. The maximum Gasteiger partial charge on any atom is 0.197 e. The summed E-state index contributed by atoms with van der Waals surface area (Å²) in [7, 11) is 0. The number of aromatic hydroxyl groups is 1. The minimum absolute atomic E-state index is 0.106. The number of carbonyl (C=O) groups is 1. The van der Waals surface area contributed by atoms with E-state index in [0.29, 0.717) is 27.9 Å². The quantitative estimate of drug-likeness (QED) is 0.496. The third-order valence-corrected chi connectivity index (χ3v) is 3.59. The molecule has 0 bridgehead atoms. The summed E-state index contributed by atoms with van der Waals surface area (Å²) in [4.78, 5) is 12.4. The molecule has 0 aliphatic heterocycles. The van der Waals surface area contributed by atoms with Gasteiger partial charge in [-0.3, -0.25) is 4.79 Å². The number of phenols is 1. The molecule has 1 unspecified atom stereocenters. The SMILES string of the molecule is Cc1cc(O)c2c(c1N)C(O)c1ccccc1C2=O. The van der Waals surface area contributed by atoms with E-state index in [1.807, 2.05) is 0 Å². The summed E-state index contributed by atoms with van der Waals surface area (Å²) in [5.74, 6) is -0.444. The van der Waals surface area contributed by atoms with Gasteiger partial charge in [-0.25, -0.2) is 0 Å². The maximum absolute atomic E-state index is 12.4. The van der Waals surface area contributed by atoms with Crippen LogP contribution in [0.5, 0.6) is 5.75 Å². The molecule has 1 atom stereocenters. The molecule has 0 spiro atoms. The van der Waals surface area contributed by atoms with Gasteiger partial charge in [0.2, 0.25) is 0 Å². The van der Waals surface area contributed by atoms with Crippen LogP contribution in [0.4, 0.5) is 5.69 Å². The highest BCUT2D eigenvalue weighted by Gasteiger charge is 2.34. The average molecular weight is 255 g/mol. The summed E-state index contributed by atoms with van der Waals surface area (Å²) in [6.07, 6.45) is -0.991. The van der Waals surface area contributed by atoms with E-state index in [1.165, 1.54) is 6.07 Å². The van der Waals surface area contributed by atoms with Crippen LogP contribution in [-0.2, 0) is 0 Å². The third kappa shape index (κ3) is 1.47. The first-order chi connectivity index (χ1) is 9.02. The molecule has 1 aliphatic rings. The fourth-order valence-electron chi connectivity index (χ4n) is 2.60. The number of fused-ring (bicyclic) bond motifs is 2. The van der Waals surface area contributed by atoms with Gasteiger partial charge in [-0.2, -0.15) is 0 Å². The molecule has 0 fully saturated rings. The second-order valence-corrected chi connectivity index (χ2v) is 4.73. The first-order valence-electron chi connectivity index (χ1n) is 5.96. The van der Waals surface area contributed by atoms with Crippen LogP contribution >= 0.6 is 0 Å². The Balaban J connectivity index is 2.39. The molecule has 4 heteroatoms. The Bertz CT molecular complexity index is 707. The number of aliphatic hydroxyl groups excluding tert-OH is 1. The van der Waals surface area contributed by atoms with Crippen molar-refractivity contribution < 1.29 is 15.0 Å². The van der Waals surface area contributed by atoms with Crippen LogP contribution in [-0.4, -0.2) is 16.0 Å². The highest BCUT2D eigenvalue weighted by molar-refractivity contribution is 6.15. The minimum atomic E-state index is -0.991. The predicted octanol–water partition coefficient (Wildman–Crippen LogP) is 1.91. The lowest BCUT2D eigenvalue weighted by molar-refractivity contribution is 0.101. The number of aryl methyl sites for hydroxylation is 1. The first kappa shape index (κ1) is 11.7. The highest BCUT2D eigenvalue weighted by Crippen LogP contribution is 2.42. The summed E-state index contributed by atoms with van der Waals surface area (Å²) >= 11 is 0. The topological polar surface area (TPSA) is 83.6 Å². The van der Waals surface area contributed by atoms with E-state index in [4.69, 9.17) is 5.73 Å². The van der Waals surface area contributed by atoms with E-state index < -0.39 is 6.10 Å². The van der Waals surface area contributed by atoms with Crippen LogP contribution in [0.1, 0.15) is 38.7 Å². The number of nitrogen functional groups attached to an aromatic ring is 1. The van der Waals surface area contributed by atoms with Gasteiger partial charge in [-0.05, 0) is 24.1 Å². The van der Waals surface area contributed by atoms with Crippen LogP contribution in [0, 0.1) is 6.92 Å². The van der Waals surface area contributed by atoms with E-state index in [9.17, 15) is 15.0 Å². The van der Waals surface area contributed by atoms with Crippen molar-refractivity contribution in [3.63, 3.8) is 0 Å². The Hall–Kier alpha value is -2.33. The summed E-state index contributed by atoms with van der Waals surface area (Å²) in [6, 6.07) is 8.26. The molecule has 4 N–H and O–H groups in total. The summed E-state index contributed by atoms with van der Waals surface area (Å²) in [5.41, 5.74) is 8.29. The zero-order valence-electron chi connectivity index (χ0n) is 10.3. The molecule has 2 aromatic rings. The number of carbonyl (C=O) groups excluding carboxylic acids is 1. The molecule has 0 radical (unpaired) electrons. The zero-order chi connectivity index (χ0) is 13.7. The van der Waals surface area contributed by atoms with Crippen molar-refractivity contribution in [3.05, 3.63) is 58.1 Å². The van der Waals surface area contributed by atoms with Gasteiger partial charge in [0, 0.05) is 16.8 Å². The monoisotopic (exact) mass is 255 g/mol. The van der Waals surface area contributed by atoms with Gasteiger partial charge < -0.3 is 15.9 Å². The van der Waals surface area contributed by atoms with Crippen molar-refractivity contribution in [1.82, 2.24) is 0 Å². The van der Waals surface area contributed by atoms with Crippen LogP contribution < -0.4 is 5.73 Å². The van der Waals surface area contributed by atoms with Crippen LogP contribution in [0.15, 0.2) is 30.3 Å². The smallest absolute Gasteiger partial charge is 0.197 e. The average Bonchev–Trinajstić information content (AvgIpc) is 2.40. The van der Waals surface area contributed by atoms with E-state index in [1.54, 1.807) is 31.2 Å². The van der Waals surface area contributed by atoms with Crippen molar-refractivity contribution in [1.29, 1.82) is 0 Å². The van der Waals surface area contributed by atoms with Crippen LogP contribution in [0.3, 0.4) is 0 Å². The number of nitrogens with two attached hydrogens (primary N) is 1. The lowest BCUT2D eigenvalue weighted by Gasteiger charge is -2.26. The Kier molecular flexibility index (Phi) is 2.37. The fraction of sp³-hybridized carbons (Fsp3) is 0.133. The Morgan fingerprint density at radius 2 is 1.95 bits per heavy atom. The Labute approximate surface area is 110 Å². The van der Waals surface area contributed by atoms with Crippen molar-refractivity contribution >= 4 is 11.5 Å². The molecule has 1 aliphatic carbocycles.